The summed E-state index contributed by atoms with van der Waals surface area (Å²) in [6.07, 6.45) is 122. The first-order chi connectivity index (χ1) is 57.2. The third-order valence-electron chi connectivity index (χ3n) is 36.2. The van der Waals surface area contributed by atoms with Crippen LogP contribution in [0.4, 0.5) is 0 Å². The van der Waals surface area contributed by atoms with E-state index in [1.54, 1.807) is 12.8 Å². The Labute approximate surface area is 753 Å². The minimum Gasteiger partial charge on any atom is -0.103 e. The van der Waals surface area contributed by atoms with Crippen molar-refractivity contribution in [1.29, 1.82) is 0 Å². The highest BCUT2D eigenvalue weighted by Gasteiger charge is 2.37. The van der Waals surface area contributed by atoms with Crippen LogP contribution < -0.4 is 0 Å². The quantitative estimate of drug-likeness (QED) is 0.101. The largest absolute Gasteiger partial charge is 0.103 e. The summed E-state index contributed by atoms with van der Waals surface area (Å²) in [4.78, 5) is 0. The van der Waals surface area contributed by atoms with Crippen LogP contribution in [0.2, 0.25) is 0 Å². The van der Waals surface area contributed by atoms with Crippen molar-refractivity contribution in [2.45, 2.75) is 448 Å². The van der Waals surface area contributed by atoms with Crippen LogP contribution in [0.1, 0.15) is 468 Å². The Balaban J connectivity index is -0.000000269. The molecule has 0 saturated heterocycles. The predicted octanol–water partition coefficient (Wildman–Crippen LogP) is 41.1. The van der Waals surface area contributed by atoms with Gasteiger partial charge in [-0.15, -0.1) is 32.9 Å². The summed E-state index contributed by atoms with van der Waals surface area (Å²) in [5.41, 5.74) is 0. The van der Waals surface area contributed by atoms with E-state index in [9.17, 15) is 0 Å². The monoisotopic (exact) mass is 1630 g/mol. The molecule has 0 aromatic heterocycles. The smallest absolute Gasteiger partial charge is 0 e. The van der Waals surface area contributed by atoms with Crippen molar-refractivity contribution in [3.05, 3.63) is 124 Å². The molecule has 14 aliphatic rings. The van der Waals surface area contributed by atoms with E-state index < -0.39 is 0 Å². The second-order valence-electron chi connectivity index (χ2n) is 44.1. The normalized spacial score (nSPS) is 39.8. The Morgan fingerprint density at radius 3 is 0.496 bits per heavy atom. The van der Waals surface area contributed by atoms with Crippen molar-refractivity contribution >= 4 is 0 Å². The van der Waals surface area contributed by atoms with Crippen molar-refractivity contribution in [3.63, 3.8) is 0 Å². The molecule has 0 aromatic carbocycles. The third-order valence-corrected chi connectivity index (χ3v) is 36.2. The summed E-state index contributed by atoms with van der Waals surface area (Å²) >= 11 is 0. The van der Waals surface area contributed by atoms with Crippen molar-refractivity contribution in [2.75, 3.05) is 0 Å². The second-order valence-corrected chi connectivity index (χ2v) is 44.1. The van der Waals surface area contributed by atoms with E-state index >= 15 is 0 Å². The molecule has 0 bridgehead atoms. The molecule has 14 saturated carbocycles. The van der Waals surface area contributed by atoms with Gasteiger partial charge in [0.1, 0.15) is 0 Å². The molecule has 0 N–H and O–H groups in total. The fourth-order valence-electron chi connectivity index (χ4n) is 27.5. The van der Waals surface area contributed by atoms with Gasteiger partial charge in [0.2, 0.25) is 0 Å². The average molecular weight is 1640 g/mol. The SMILES string of the molecule is C/C=C/C1CCC(C2CCC(/C=C/C)CC2)CC1.C/C=C/C1CCC(C2CCC(C)CC2)CC1.C/C=C/CCC1CCC(C2CCC(C)CC2)CC1.C=CC1CCC(C2CCC(/C=C/C)CC2)CC1.C=CC1CCC(C2CCC(C)CC2)CC1.C=CC1CCC(C2CCC(C=C)CC2)CC1.C=CCCC1CCC(C2CCC(C)CC2)CC1.[HH].[HH].[HH].[HH].[HH].[HH].[HH].[HH].[HH].[HH].[HH].[HH].[HH].[HH]. The maximum absolute atomic E-state index is 3.94. The second kappa shape index (κ2) is 58.6. The fraction of sp³-hybridized carbons (Fsp3) is 0.829. The number of allylic oxidation sites excluding steroid dienone is 15. The molecule has 14 fully saturated rings. The van der Waals surface area contributed by atoms with Gasteiger partial charge in [0.15, 0.2) is 0 Å². The van der Waals surface area contributed by atoms with E-state index in [1.165, 1.54) is 372 Å². The van der Waals surface area contributed by atoms with Crippen LogP contribution in [0.25, 0.3) is 0 Å². The maximum atomic E-state index is 3.94. The molecule has 0 nitrogen and oxygen atoms in total. The Morgan fingerprint density at radius 2 is 0.342 bits per heavy atom. The van der Waals surface area contributed by atoms with Crippen LogP contribution in [0.3, 0.4) is 0 Å². The Bertz CT molecular complexity index is 2630. The molecule has 0 amide bonds. The molecule has 14 aliphatic carbocycles. The number of hydrogen-bond acceptors (Lipinski definition) is 0. The highest BCUT2D eigenvalue weighted by atomic mass is 14.4. The van der Waals surface area contributed by atoms with Crippen molar-refractivity contribution < 1.29 is 20.0 Å². The lowest BCUT2D eigenvalue weighted by molar-refractivity contribution is 0.148. The molecule has 0 unspecified atom stereocenters. The van der Waals surface area contributed by atoms with Gasteiger partial charge in [-0.1, -0.05) is 196 Å². The molecule has 0 aliphatic heterocycles. The van der Waals surface area contributed by atoms with Crippen LogP contribution in [-0.2, 0) is 0 Å². The highest BCUT2D eigenvalue weighted by molar-refractivity contribution is 4.98. The lowest BCUT2D eigenvalue weighted by atomic mass is 9.69. The molecule has 0 spiro atoms. The fourth-order valence-corrected chi connectivity index (χ4v) is 27.5. The standard InChI is InChI=1S/C18H32.C18H30.C17H30.C17H28.C16H28.C16H26.C15H26.14H2/c1-3-4-5-6-16-9-13-18(14-10-16)17-11-7-15(2)8-12-17;1-3-5-15-7-11-17(12-8-15)18-13-9-16(6-4-2)10-14-18;1-3-4-5-15-8-12-17(13-9-15)16-10-6-14(2)7-11-16;1-3-5-15-8-12-17(13-9-15)16-10-6-14(4-2)7-11-16;1-3-4-14-7-11-16(12-8-14)15-9-5-13(2)6-10-15;1-3-13-5-9-15(10-6-13)16-11-7-14(4-2)8-12-16;1-3-13-6-10-15(11-7-13)14-8-4-12(2)5-9-14;;;;;;;;;;;;;;/h3-4,15-18H,5-14H2,1-2H3;3-6,15-18H,7-14H2,1-2H3;3,14-17H,1,4-13H2,2H3;3-5,14-17H,2,6-13H2,1H3;3-4,13-16H,5-12H2,1-2H3;3-4,13-16H,1-2,5-12H2;3,12-15H,1,4-11H2,2H3;14*1H/b4-3+;5-3+,6-4+;;5-3+;4-3+;;;;;;;;;;;;;;;;. The van der Waals surface area contributed by atoms with Crippen molar-refractivity contribution in [1.82, 2.24) is 0 Å². The molecule has 117 heavy (non-hydrogen) atoms. The van der Waals surface area contributed by atoms with Gasteiger partial charge in [-0.2, -0.15) is 0 Å². The predicted molar refractivity (Wildman–Crippen MR) is 552 cm³/mol. The number of rotatable bonds is 21. The average Bonchev–Trinajstić information content (AvgIpc) is 0.893. The van der Waals surface area contributed by atoms with Crippen LogP contribution in [0.15, 0.2) is 124 Å². The maximum Gasteiger partial charge on any atom is 0 e. The van der Waals surface area contributed by atoms with Gasteiger partial charge < -0.3 is 0 Å². The van der Waals surface area contributed by atoms with E-state index in [2.05, 4.69) is 186 Å². The van der Waals surface area contributed by atoms with Crippen molar-refractivity contribution in [3.8, 4) is 0 Å². The first-order valence-electron chi connectivity index (χ1n) is 53.4. The summed E-state index contributed by atoms with van der Waals surface area (Å²) in [6.45, 7) is 40.1. The van der Waals surface area contributed by atoms with Crippen LogP contribution >= 0.6 is 0 Å². The van der Waals surface area contributed by atoms with Gasteiger partial charge in [-0.3, -0.25) is 0 Å². The van der Waals surface area contributed by atoms with Gasteiger partial charge in [-0.25, -0.2) is 0 Å². The molecule has 696 valence electrons. The van der Waals surface area contributed by atoms with Crippen LogP contribution in [0.5, 0.6) is 0 Å². The zero-order valence-corrected chi connectivity index (χ0v) is 79.8. The Kier molecular flexibility index (Phi) is 50.0. The molecule has 0 atom stereocenters. The molecule has 0 heterocycles. The summed E-state index contributed by atoms with van der Waals surface area (Å²) in [5.74, 6) is 27.9. The van der Waals surface area contributed by atoms with Gasteiger partial charge in [0.25, 0.3) is 0 Å². The van der Waals surface area contributed by atoms with Gasteiger partial charge in [0, 0.05) is 20.0 Å². The van der Waals surface area contributed by atoms with Gasteiger partial charge in [0.05, 0.1) is 0 Å². The molecule has 0 heteroatoms. The van der Waals surface area contributed by atoms with Crippen LogP contribution in [-0.4, -0.2) is 0 Å². The molecule has 0 radical (unpaired) electrons. The van der Waals surface area contributed by atoms with E-state index in [0.29, 0.717) is 0 Å². The minimum absolute atomic E-state index is 0. The summed E-state index contributed by atoms with van der Waals surface area (Å²) in [6, 6.07) is 0. The van der Waals surface area contributed by atoms with Gasteiger partial charge >= 0.3 is 0 Å². The first kappa shape index (κ1) is 99.8. The van der Waals surface area contributed by atoms with Crippen LogP contribution in [0, 0.1) is 166 Å². The molecule has 0 aromatic rings. The van der Waals surface area contributed by atoms with E-state index in [4.69, 9.17) is 0 Å². The molecular formula is C117H228. The zero-order valence-electron chi connectivity index (χ0n) is 79.8. The first-order valence-corrected chi connectivity index (χ1v) is 53.4. The lowest BCUT2D eigenvalue weighted by Crippen LogP contribution is -2.25. The zero-order chi connectivity index (χ0) is 83.2. The van der Waals surface area contributed by atoms with E-state index in [-0.39, 0.29) is 20.0 Å². The lowest BCUT2D eigenvalue weighted by Gasteiger charge is -2.37. The topological polar surface area (TPSA) is 0 Å². The molecular weight excluding hydrogens is 1410 g/mol. The highest BCUT2D eigenvalue weighted by Crippen LogP contribution is 2.50. The number of hydrogen-bond donors (Lipinski definition) is 0. The van der Waals surface area contributed by atoms with E-state index in [1.807, 2.05) is 0 Å². The van der Waals surface area contributed by atoms with E-state index in [0.717, 1.165) is 166 Å². The Morgan fingerprint density at radius 1 is 0.188 bits per heavy atom. The summed E-state index contributed by atoms with van der Waals surface area (Å²) in [5, 5.41) is 0. The van der Waals surface area contributed by atoms with Gasteiger partial charge in [-0.05, 0) is 509 Å². The molecule has 14 rings (SSSR count). The minimum atomic E-state index is 0. The Hall–Kier alpha value is -2.60. The summed E-state index contributed by atoms with van der Waals surface area (Å²) in [7, 11) is 0. The van der Waals surface area contributed by atoms with Crippen molar-refractivity contribution in [2.24, 2.45) is 166 Å². The summed E-state index contributed by atoms with van der Waals surface area (Å²) < 4.78 is 0. The third kappa shape index (κ3) is 37.2.